The number of nitro groups is 2. The minimum absolute atomic E-state index is 0.156. The second kappa shape index (κ2) is 15.0. The summed E-state index contributed by atoms with van der Waals surface area (Å²) >= 11 is 0. The fraction of sp³-hybridized carbons (Fsp3) is 0.111. The quantitative estimate of drug-likeness (QED) is 0.114. The van der Waals surface area contributed by atoms with Gasteiger partial charge in [-0.3, -0.25) is 39.2 Å². The van der Waals surface area contributed by atoms with Gasteiger partial charge >= 0.3 is 0 Å². The molecule has 0 atom stereocenters. The van der Waals surface area contributed by atoms with Crippen molar-refractivity contribution in [2.75, 3.05) is 0 Å². The first-order valence-corrected chi connectivity index (χ1v) is 15.5. The van der Waals surface area contributed by atoms with Gasteiger partial charge in [-0.2, -0.15) is 0 Å². The lowest BCUT2D eigenvalue weighted by Gasteiger charge is -2.07. The van der Waals surface area contributed by atoms with Crippen molar-refractivity contribution < 1.29 is 20.1 Å². The molecule has 52 heavy (non-hydrogen) atoms. The lowest BCUT2D eigenvalue weighted by molar-refractivity contribution is -0.385. The normalized spacial score (nSPS) is 11.2. The number of nitrogens with zero attached hydrogens (tertiary/aromatic N) is 8. The van der Waals surface area contributed by atoms with Crippen molar-refractivity contribution in [3.8, 4) is 22.9 Å². The number of non-ortho nitro benzene ring substituents is 2. The maximum absolute atomic E-state index is 12.8. The predicted molar refractivity (Wildman–Crippen MR) is 196 cm³/mol. The maximum atomic E-state index is 12.8. The standard InChI is InChI=1S/2C18H16N4O4/c2*1-12-17(18(24)21(20(12)2)14-6-4-3-5-7-14)19-11-13-10-15(22(25)26)8-9-16(13)23/h2*3-11,23H,1-2H3. The minimum Gasteiger partial charge on any atom is -0.507 e. The van der Waals surface area contributed by atoms with Crippen LogP contribution in [0.15, 0.2) is 117 Å². The molecule has 16 heteroatoms. The van der Waals surface area contributed by atoms with Gasteiger partial charge in [0.15, 0.2) is 11.4 Å². The summed E-state index contributed by atoms with van der Waals surface area (Å²) in [6.07, 6.45) is 2.50. The number of hydrogen-bond donors (Lipinski definition) is 2. The molecule has 0 amide bonds. The highest BCUT2D eigenvalue weighted by atomic mass is 16.6. The Balaban J connectivity index is 0.000000201. The van der Waals surface area contributed by atoms with Gasteiger partial charge in [0.05, 0.1) is 32.6 Å². The van der Waals surface area contributed by atoms with E-state index in [-0.39, 0.29) is 56.5 Å². The molecular weight excluding hydrogens is 672 g/mol. The molecule has 0 aliphatic rings. The van der Waals surface area contributed by atoms with Crippen molar-refractivity contribution in [3.05, 3.63) is 161 Å². The van der Waals surface area contributed by atoms with Crippen LogP contribution in [0.25, 0.3) is 11.4 Å². The number of hydrogen-bond acceptors (Lipinski definition) is 10. The van der Waals surface area contributed by atoms with E-state index in [0.717, 1.165) is 0 Å². The fourth-order valence-corrected chi connectivity index (χ4v) is 5.19. The van der Waals surface area contributed by atoms with Gasteiger partial charge < -0.3 is 10.2 Å². The van der Waals surface area contributed by atoms with E-state index in [9.17, 15) is 40.0 Å². The van der Waals surface area contributed by atoms with E-state index in [1.165, 1.54) is 58.2 Å². The molecule has 6 aromatic rings. The number of phenols is 2. The summed E-state index contributed by atoms with van der Waals surface area (Å²) in [6, 6.07) is 25.5. The number of benzene rings is 4. The predicted octanol–water partition coefficient (Wildman–Crippen LogP) is 5.70. The Bertz CT molecular complexity index is 2300. The van der Waals surface area contributed by atoms with Gasteiger partial charge in [-0.15, -0.1) is 0 Å². The second-order valence-electron chi connectivity index (χ2n) is 11.3. The monoisotopic (exact) mass is 704 g/mol. The van der Waals surface area contributed by atoms with Crippen molar-refractivity contribution in [1.29, 1.82) is 0 Å². The number of nitro benzene ring substituents is 2. The van der Waals surface area contributed by atoms with Crippen LogP contribution in [0.5, 0.6) is 11.5 Å². The Hall–Kier alpha value is -7.36. The van der Waals surface area contributed by atoms with E-state index in [1.54, 1.807) is 61.6 Å². The van der Waals surface area contributed by atoms with Crippen molar-refractivity contribution in [2.24, 2.45) is 24.1 Å². The lowest BCUT2D eigenvalue weighted by atomic mass is 10.2. The zero-order valence-electron chi connectivity index (χ0n) is 28.3. The van der Waals surface area contributed by atoms with E-state index in [2.05, 4.69) is 9.98 Å². The molecule has 0 spiro atoms. The van der Waals surface area contributed by atoms with Crippen LogP contribution in [0, 0.1) is 34.1 Å². The van der Waals surface area contributed by atoms with Gasteiger partial charge in [0.1, 0.15) is 11.5 Å². The molecule has 6 rings (SSSR count). The molecule has 2 N–H and O–H groups in total. The summed E-state index contributed by atoms with van der Waals surface area (Å²) in [5.41, 5.74) is 2.37. The topological polar surface area (TPSA) is 205 Å². The fourth-order valence-electron chi connectivity index (χ4n) is 5.19. The Morgan fingerprint density at radius 2 is 0.942 bits per heavy atom. The van der Waals surface area contributed by atoms with E-state index in [4.69, 9.17) is 0 Å². The van der Waals surface area contributed by atoms with Gasteiger partial charge in [-0.25, -0.2) is 19.3 Å². The van der Waals surface area contributed by atoms with Crippen molar-refractivity contribution in [3.63, 3.8) is 0 Å². The van der Waals surface area contributed by atoms with E-state index in [0.29, 0.717) is 22.8 Å². The van der Waals surface area contributed by atoms with Crippen LogP contribution in [0.4, 0.5) is 22.7 Å². The van der Waals surface area contributed by atoms with Crippen LogP contribution in [0.2, 0.25) is 0 Å². The third kappa shape index (κ3) is 7.30. The van der Waals surface area contributed by atoms with Crippen LogP contribution in [-0.4, -0.2) is 51.2 Å². The van der Waals surface area contributed by atoms with Crippen LogP contribution in [0.1, 0.15) is 22.5 Å². The SMILES string of the molecule is Cc1c(N=Cc2cc([N+](=O)[O-])ccc2O)c(=O)n(-c2ccccc2)n1C.Cc1c(N=Cc2cc([N+](=O)[O-])ccc2O)c(=O)n(-c2ccccc2)n1C. The summed E-state index contributed by atoms with van der Waals surface area (Å²) in [6.45, 7) is 3.50. The molecule has 0 radical (unpaired) electrons. The van der Waals surface area contributed by atoms with Crippen molar-refractivity contribution >= 4 is 35.2 Å². The Labute approximate surface area is 295 Å². The summed E-state index contributed by atoms with van der Waals surface area (Å²) in [5.74, 6) is -0.312. The first-order valence-electron chi connectivity index (χ1n) is 15.5. The average Bonchev–Trinajstić information content (AvgIpc) is 3.48. The number of para-hydroxylation sites is 2. The van der Waals surface area contributed by atoms with E-state index in [1.807, 2.05) is 36.4 Å². The lowest BCUT2D eigenvalue weighted by Crippen LogP contribution is -2.19. The van der Waals surface area contributed by atoms with Crippen molar-refractivity contribution in [1.82, 2.24) is 18.7 Å². The smallest absolute Gasteiger partial charge is 0.297 e. The molecule has 264 valence electrons. The second-order valence-corrected chi connectivity index (χ2v) is 11.3. The first-order chi connectivity index (χ1) is 24.8. The zero-order chi connectivity index (χ0) is 37.7. The molecule has 0 bridgehead atoms. The van der Waals surface area contributed by atoms with Crippen LogP contribution >= 0.6 is 0 Å². The van der Waals surface area contributed by atoms with Gasteiger partial charge in [-0.05, 0) is 50.2 Å². The molecule has 2 aromatic heterocycles. The molecule has 0 aliphatic carbocycles. The van der Waals surface area contributed by atoms with Gasteiger partial charge in [-0.1, -0.05) is 36.4 Å². The summed E-state index contributed by atoms with van der Waals surface area (Å²) in [5, 5.41) is 41.5. The molecule has 0 fully saturated rings. The minimum atomic E-state index is -0.563. The number of aromatic nitrogens is 4. The highest BCUT2D eigenvalue weighted by molar-refractivity contribution is 5.87. The number of aliphatic imine (C=N–C) groups is 2. The van der Waals surface area contributed by atoms with E-state index < -0.39 is 9.85 Å². The molecule has 16 nitrogen and oxygen atoms in total. The van der Waals surface area contributed by atoms with Crippen LogP contribution in [0.3, 0.4) is 0 Å². The first kappa shape index (κ1) is 35.9. The number of aromatic hydroxyl groups is 2. The van der Waals surface area contributed by atoms with E-state index >= 15 is 0 Å². The Morgan fingerprint density at radius 3 is 1.27 bits per heavy atom. The third-order valence-electron chi connectivity index (χ3n) is 8.16. The number of phenolic OH excluding ortho intramolecular Hbond substituents is 2. The largest absolute Gasteiger partial charge is 0.507 e. The highest BCUT2D eigenvalue weighted by Crippen LogP contribution is 2.25. The molecule has 0 unspecified atom stereocenters. The average molecular weight is 705 g/mol. The molecule has 0 saturated heterocycles. The molecular formula is C36H32N8O8. The van der Waals surface area contributed by atoms with Crippen LogP contribution < -0.4 is 11.1 Å². The van der Waals surface area contributed by atoms with Gasteiger partial charge in [0.25, 0.3) is 22.5 Å². The Morgan fingerprint density at radius 1 is 0.596 bits per heavy atom. The van der Waals surface area contributed by atoms with Gasteiger partial charge in [0.2, 0.25) is 0 Å². The summed E-state index contributed by atoms with van der Waals surface area (Å²) in [4.78, 5) is 54.5. The molecule has 0 aliphatic heterocycles. The zero-order valence-corrected chi connectivity index (χ0v) is 28.3. The van der Waals surface area contributed by atoms with Crippen LogP contribution in [-0.2, 0) is 14.1 Å². The molecule has 0 saturated carbocycles. The summed E-state index contributed by atoms with van der Waals surface area (Å²) < 4.78 is 6.32. The van der Waals surface area contributed by atoms with Crippen molar-refractivity contribution in [2.45, 2.75) is 13.8 Å². The molecule has 2 heterocycles. The highest BCUT2D eigenvalue weighted by Gasteiger charge is 2.17. The Kier molecular flexibility index (Phi) is 10.4. The number of rotatable bonds is 8. The van der Waals surface area contributed by atoms with Gasteiger partial charge in [0, 0.05) is 61.9 Å². The maximum Gasteiger partial charge on any atom is 0.297 e. The molecule has 4 aromatic carbocycles. The summed E-state index contributed by atoms with van der Waals surface area (Å²) in [7, 11) is 3.49. The third-order valence-corrected chi connectivity index (χ3v) is 8.16.